The van der Waals surface area contributed by atoms with Gasteiger partial charge in [-0.05, 0) is 59.9 Å². The highest BCUT2D eigenvalue weighted by Crippen LogP contribution is 2.33. The smallest absolute Gasteiger partial charge is 0.242 e. The van der Waals surface area contributed by atoms with Crippen molar-refractivity contribution in [2.75, 3.05) is 31.3 Å². The molecule has 1 aromatic carbocycles. The highest BCUT2D eigenvalue weighted by molar-refractivity contribution is 7.99. The molecule has 1 aromatic heterocycles. The Labute approximate surface area is 180 Å². The number of carbonyl (C=O) groups excluding carboxylic acids is 1. The fraction of sp³-hybridized carbons (Fsp3) is 0.579. The molecule has 2 aromatic rings. The van der Waals surface area contributed by atoms with Crippen LogP contribution in [0, 0.1) is 0 Å². The van der Waals surface area contributed by atoms with Crippen LogP contribution in [-0.2, 0) is 21.2 Å². The number of nitrogens with zero attached hydrogens (tertiary/aromatic N) is 6. The molecule has 0 bridgehead atoms. The molecule has 0 N–H and O–H groups in total. The Kier molecular flexibility index (Phi) is 6.12. The van der Waals surface area contributed by atoms with Gasteiger partial charge in [-0.3, -0.25) is 4.79 Å². The predicted octanol–water partition coefficient (Wildman–Crippen LogP) is 2.11. The maximum absolute atomic E-state index is 13.0. The van der Waals surface area contributed by atoms with Crippen molar-refractivity contribution < 1.29 is 13.2 Å². The maximum Gasteiger partial charge on any atom is 0.242 e. The summed E-state index contributed by atoms with van der Waals surface area (Å²) in [6.07, 6.45) is 6.07. The van der Waals surface area contributed by atoms with E-state index in [4.69, 9.17) is 0 Å². The third-order valence-electron chi connectivity index (χ3n) is 5.71. The number of benzene rings is 1. The number of hydrogen-bond donors (Lipinski definition) is 0. The van der Waals surface area contributed by atoms with Gasteiger partial charge in [-0.25, -0.2) is 17.4 Å². The summed E-state index contributed by atoms with van der Waals surface area (Å²) < 4.78 is 27.9. The van der Waals surface area contributed by atoms with Gasteiger partial charge in [-0.2, -0.15) is 0 Å². The molecule has 0 atom stereocenters. The van der Waals surface area contributed by atoms with E-state index in [1.807, 2.05) is 4.68 Å². The summed E-state index contributed by atoms with van der Waals surface area (Å²) in [5, 5.41) is 12.7. The normalized spacial score (nSPS) is 17.5. The van der Waals surface area contributed by atoms with Gasteiger partial charge in [0.2, 0.25) is 21.1 Å². The zero-order valence-electron chi connectivity index (χ0n) is 17.2. The second-order valence-corrected chi connectivity index (χ2v) is 11.0. The number of amides is 1. The number of rotatable bonds is 6. The van der Waals surface area contributed by atoms with Gasteiger partial charge in [0.1, 0.15) is 0 Å². The summed E-state index contributed by atoms with van der Waals surface area (Å²) in [6, 6.07) is 5.34. The first-order valence-electron chi connectivity index (χ1n) is 10.1. The molecule has 1 aliphatic heterocycles. The number of fused-ring (bicyclic) bond motifs is 1. The molecule has 0 unspecified atom stereocenters. The molecule has 0 spiro atoms. The van der Waals surface area contributed by atoms with Gasteiger partial charge in [0.15, 0.2) is 0 Å². The third-order valence-corrected chi connectivity index (χ3v) is 8.44. The first-order chi connectivity index (χ1) is 14.4. The lowest BCUT2D eigenvalue weighted by molar-refractivity contribution is -0.116. The SMILES string of the molecule is CN(C)S(=O)(=O)c1ccc2c(c1)CCCN2C(=O)CSc1nnnn1C1CCCC1. The van der Waals surface area contributed by atoms with Crippen molar-refractivity contribution >= 4 is 33.4 Å². The van der Waals surface area contributed by atoms with Crippen LogP contribution in [0.15, 0.2) is 28.3 Å². The minimum atomic E-state index is -3.50. The van der Waals surface area contributed by atoms with E-state index >= 15 is 0 Å². The Balaban J connectivity index is 1.48. The third kappa shape index (κ3) is 4.10. The second kappa shape index (κ2) is 8.64. The van der Waals surface area contributed by atoms with E-state index in [-0.39, 0.29) is 16.6 Å². The number of aryl methyl sites for hydroxylation is 1. The van der Waals surface area contributed by atoms with Gasteiger partial charge >= 0.3 is 0 Å². The van der Waals surface area contributed by atoms with Gasteiger partial charge in [-0.15, -0.1) is 5.10 Å². The highest BCUT2D eigenvalue weighted by atomic mass is 32.2. The molecule has 1 fully saturated rings. The molecular weight excluding hydrogens is 424 g/mol. The van der Waals surface area contributed by atoms with Gasteiger partial charge < -0.3 is 4.90 Å². The van der Waals surface area contributed by atoms with Crippen LogP contribution in [0.3, 0.4) is 0 Å². The van der Waals surface area contributed by atoms with Gasteiger partial charge in [0.05, 0.1) is 16.7 Å². The Morgan fingerprint density at radius 3 is 2.73 bits per heavy atom. The molecule has 1 amide bonds. The molecule has 162 valence electrons. The van der Waals surface area contributed by atoms with Gasteiger partial charge in [-0.1, -0.05) is 24.6 Å². The van der Waals surface area contributed by atoms with Crippen LogP contribution in [0.25, 0.3) is 0 Å². The Morgan fingerprint density at radius 2 is 2.00 bits per heavy atom. The Hall–Kier alpha value is -1.98. The summed E-state index contributed by atoms with van der Waals surface area (Å²) in [6.45, 7) is 0.625. The summed E-state index contributed by atoms with van der Waals surface area (Å²) in [7, 11) is -0.470. The average molecular weight is 451 g/mol. The lowest BCUT2D eigenvalue weighted by Gasteiger charge is -2.30. The molecule has 2 aliphatic rings. The van der Waals surface area contributed by atoms with E-state index in [1.165, 1.54) is 43.0 Å². The van der Waals surface area contributed by atoms with E-state index in [0.717, 1.165) is 36.9 Å². The monoisotopic (exact) mass is 450 g/mol. The quantitative estimate of drug-likeness (QED) is 0.621. The fourth-order valence-electron chi connectivity index (χ4n) is 4.07. The first-order valence-corrected chi connectivity index (χ1v) is 12.6. The van der Waals surface area contributed by atoms with E-state index in [1.54, 1.807) is 23.1 Å². The maximum atomic E-state index is 13.0. The summed E-state index contributed by atoms with van der Waals surface area (Å²) in [5.41, 5.74) is 1.68. The van der Waals surface area contributed by atoms with Crippen molar-refractivity contribution in [2.45, 2.75) is 54.6 Å². The van der Waals surface area contributed by atoms with Crippen LogP contribution in [0.4, 0.5) is 5.69 Å². The standard InChI is InChI=1S/C19H26N6O3S2/c1-23(2)30(27,28)16-9-10-17-14(12-16)6-5-11-24(17)18(26)13-29-19-20-21-22-25(19)15-7-3-4-8-15/h9-10,12,15H,3-8,11,13H2,1-2H3. The Bertz CT molecular complexity index is 1030. The van der Waals surface area contributed by atoms with Crippen molar-refractivity contribution in [1.82, 2.24) is 24.5 Å². The number of sulfonamides is 1. The van der Waals surface area contributed by atoms with Crippen molar-refractivity contribution in [1.29, 1.82) is 0 Å². The number of carbonyl (C=O) groups is 1. The number of anilines is 1. The Morgan fingerprint density at radius 1 is 1.23 bits per heavy atom. The van der Waals surface area contributed by atoms with Crippen LogP contribution in [0.1, 0.15) is 43.7 Å². The lowest BCUT2D eigenvalue weighted by Crippen LogP contribution is -2.37. The van der Waals surface area contributed by atoms with Crippen LogP contribution in [-0.4, -0.2) is 65.2 Å². The molecule has 9 nitrogen and oxygen atoms in total. The highest BCUT2D eigenvalue weighted by Gasteiger charge is 2.27. The molecule has 1 saturated carbocycles. The number of tetrazole rings is 1. The van der Waals surface area contributed by atoms with Crippen molar-refractivity contribution in [3.8, 4) is 0 Å². The van der Waals surface area contributed by atoms with Crippen LogP contribution >= 0.6 is 11.8 Å². The zero-order chi connectivity index (χ0) is 21.3. The average Bonchev–Trinajstić information content (AvgIpc) is 3.42. The number of hydrogen-bond acceptors (Lipinski definition) is 7. The molecule has 2 heterocycles. The molecular formula is C19H26N6O3S2. The van der Waals surface area contributed by atoms with Crippen LogP contribution < -0.4 is 4.90 Å². The van der Waals surface area contributed by atoms with Crippen molar-refractivity contribution in [3.63, 3.8) is 0 Å². The predicted molar refractivity (Wildman–Crippen MR) is 114 cm³/mol. The first kappa shape index (κ1) is 21.3. The van der Waals surface area contributed by atoms with E-state index in [2.05, 4.69) is 15.5 Å². The topological polar surface area (TPSA) is 101 Å². The van der Waals surface area contributed by atoms with Crippen molar-refractivity contribution in [3.05, 3.63) is 23.8 Å². The molecule has 4 rings (SSSR count). The lowest BCUT2D eigenvalue weighted by atomic mass is 10.0. The number of thioether (sulfide) groups is 1. The van der Waals surface area contributed by atoms with Gasteiger partial charge in [0.25, 0.3) is 0 Å². The van der Waals surface area contributed by atoms with Gasteiger partial charge in [0, 0.05) is 26.3 Å². The number of aromatic nitrogens is 4. The van der Waals surface area contributed by atoms with Crippen LogP contribution in [0.5, 0.6) is 0 Å². The zero-order valence-corrected chi connectivity index (χ0v) is 18.8. The minimum Gasteiger partial charge on any atom is -0.311 e. The summed E-state index contributed by atoms with van der Waals surface area (Å²) in [4.78, 5) is 15.0. The van der Waals surface area contributed by atoms with E-state index in [9.17, 15) is 13.2 Å². The largest absolute Gasteiger partial charge is 0.311 e. The molecule has 1 aliphatic carbocycles. The molecule has 30 heavy (non-hydrogen) atoms. The second-order valence-electron chi connectivity index (χ2n) is 7.86. The van der Waals surface area contributed by atoms with Crippen molar-refractivity contribution in [2.24, 2.45) is 0 Å². The van der Waals surface area contributed by atoms with Crippen LogP contribution in [0.2, 0.25) is 0 Å². The molecule has 11 heteroatoms. The summed E-state index contributed by atoms with van der Waals surface area (Å²) >= 11 is 1.36. The fourth-order valence-corrected chi connectivity index (χ4v) is 5.84. The molecule has 0 radical (unpaired) electrons. The van der Waals surface area contributed by atoms with E-state index < -0.39 is 10.0 Å². The molecule has 0 saturated heterocycles. The minimum absolute atomic E-state index is 0.0230. The summed E-state index contributed by atoms with van der Waals surface area (Å²) in [5.74, 6) is 0.217. The van der Waals surface area contributed by atoms with E-state index in [0.29, 0.717) is 17.7 Å².